The summed E-state index contributed by atoms with van der Waals surface area (Å²) in [5.41, 5.74) is 0. The first-order chi connectivity index (χ1) is 7.45. The van der Waals surface area contributed by atoms with Crippen LogP contribution >= 0.6 is 0 Å². The molecule has 0 radical (unpaired) electrons. The van der Waals surface area contributed by atoms with Crippen LogP contribution in [0.2, 0.25) is 0 Å². The Bertz CT molecular complexity index is 330. The number of imidazole rings is 1. The maximum atomic E-state index is 5.26. The molecule has 0 unspecified atom stereocenters. The molecule has 1 aromatic heterocycles. The molecule has 1 fully saturated rings. The predicted octanol–water partition coefficient (Wildman–Crippen LogP) is 0.288. The van der Waals surface area contributed by atoms with Gasteiger partial charge in [0, 0.05) is 25.5 Å². The number of aromatic amines is 1. The normalized spacial score (nSPS) is 17.1. The molecular weight excluding hydrogens is 190 g/mol. The van der Waals surface area contributed by atoms with Crippen molar-refractivity contribution in [2.45, 2.75) is 6.42 Å². The summed E-state index contributed by atoms with van der Waals surface area (Å²) in [5.74, 6) is 7.20. The van der Waals surface area contributed by atoms with Crippen molar-refractivity contribution in [3.05, 3.63) is 18.2 Å². The zero-order valence-electron chi connectivity index (χ0n) is 8.70. The number of aromatic nitrogens is 2. The molecule has 1 N–H and O–H groups in total. The van der Waals surface area contributed by atoms with Crippen molar-refractivity contribution in [2.75, 3.05) is 32.8 Å². The molecule has 15 heavy (non-hydrogen) atoms. The van der Waals surface area contributed by atoms with E-state index in [1.807, 2.05) is 6.20 Å². The van der Waals surface area contributed by atoms with E-state index < -0.39 is 0 Å². The SMILES string of the molecule is C(#CCN1CCOCC1)Cc1ncc[nH]1. The maximum Gasteiger partial charge on any atom is 0.118 e. The Morgan fingerprint density at radius 3 is 3.00 bits per heavy atom. The molecule has 1 saturated heterocycles. The van der Waals surface area contributed by atoms with Crippen molar-refractivity contribution in [3.63, 3.8) is 0 Å². The lowest BCUT2D eigenvalue weighted by Gasteiger charge is -2.24. The summed E-state index contributed by atoms with van der Waals surface area (Å²) in [7, 11) is 0. The van der Waals surface area contributed by atoms with Gasteiger partial charge in [-0.2, -0.15) is 0 Å². The molecule has 4 heteroatoms. The van der Waals surface area contributed by atoms with Gasteiger partial charge in [-0.25, -0.2) is 4.98 Å². The van der Waals surface area contributed by atoms with Crippen LogP contribution in [-0.4, -0.2) is 47.7 Å². The molecule has 0 spiro atoms. The number of hydrogen-bond acceptors (Lipinski definition) is 3. The van der Waals surface area contributed by atoms with E-state index in [0.29, 0.717) is 6.42 Å². The molecular formula is C11H15N3O. The fraction of sp³-hybridized carbons (Fsp3) is 0.545. The van der Waals surface area contributed by atoms with Crippen LogP contribution in [0.25, 0.3) is 0 Å². The molecule has 1 aliphatic rings. The van der Waals surface area contributed by atoms with Crippen molar-refractivity contribution in [1.82, 2.24) is 14.9 Å². The Labute approximate surface area is 89.6 Å². The Kier molecular flexibility index (Phi) is 3.77. The molecule has 0 saturated carbocycles. The van der Waals surface area contributed by atoms with E-state index in [9.17, 15) is 0 Å². The van der Waals surface area contributed by atoms with Crippen molar-refractivity contribution >= 4 is 0 Å². The van der Waals surface area contributed by atoms with Crippen LogP contribution < -0.4 is 0 Å². The Morgan fingerprint density at radius 1 is 1.40 bits per heavy atom. The van der Waals surface area contributed by atoms with Gasteiger partial charge in [0.05, 0.1) is 26.2 Å². The van der Waals surface area contributed by atoms with Gasteiger partial charge in [0.2, 0.25) is 0 Å². The van der Waals surface area contributed by atoms with E-state index in [1.54, 1.807) is 6.20 Å². The Morgan fingerprint density at radius 2 is 2.27 bits per heavy atom. The second-order valence-electron chi connectivity index (χ2n) is 3.45. The van der Waals surface area contributed by atoms with Gasteiger partial charge in [0.1, 0.15) is 5.82 Å². The minimum absolute atomic E-state index is 0.706. The fourth-order valence-electron chi connectivity index (χ4n) is 1.47. The molecule has 0 amide bonds. The van der Waals surface area contributed by atoms with E-state index in [-0.39, 0.29) is 0 Å². The van der Waals surface area contributed by atoms with Crippen LogP contribution in [0.1, 0.15) is 5.82 Å². The van der Waals surface area contributed by atoms with Crippen LogP contribution in [0.15, 0.2) is 12.4 Å². The fourth-order valence-corrected chi connectivity index (χ4v) is 1.47. The summed E-state index contributed by atoms with van der Waals surface area (Å²) in [4.78, 5) is 9.44. The summed E-state index contributed by atoms with van der Waals surface area (Å²) in [5, 5.41) is 0. The number of H-pyrrole nitrogens is 1. The minimum atomic E-state index is 0.706. The third-order valence-corrected chi connectivity index (χ3v) is 2.34. The highest BCUT2D eigenvalue weighted by molar-refractivity contribution is 5.08. The molecule has 4 nitrogen and oxygen atoms in total. The number of nitrogens with one attached hydrogen (secondary N) is 1. The lowest BCUT2D eigenvalue weighted by atomic mass is 10.3. The summed E-state index contributed by atoms with van der Waals surface area (Å²) < 4.78 is 5.26. The average molecular weight is 205 g/mol. The lowest BCUT2D eigenvalue weighted by molar-refractivity contribution is 0.0443. The second kappa shape index (κ2) is 5.54. The number of nitrogens with zero attached hydrogens (tertiary/aromatic N) is 2. The molecule has 0 aliphatic carbocycles. The monoisotopic (exact) mass is 205 g/mol. The minimum Gasteiger partial charge on any atom is -0.379 e. The molecule has 2 rings (SSSR count). The smallest absolute Gasteiger partial charge is 0.118 e. The maximum absolute atomic E-state index is 5.26. The van der Waals surface area contributed by atoms with Crippen molar-refractivity contribution in [2.24, 2.45) is 0 Å². The first-order valence-corrected chi connectivity index (χ1v) is 5.19. The van der Waals surface area contributed by atoms with Gasteiger partial charge in [-0.1, -0.05) is 11.8 Å². The number of ether oxygens (including phenoxy) is 1. The lowest BCUT2D eigenvalue weighted by Crippen LogP contribution is -2.36. The van der Waals surface area contributed by atoms with Gasteiger partial charge in [0.25, 0.3) is 0 Å². The van der Waals surface area contributed by atoms with E-state index in [2.05, 4.69) is 26.7 Å². The predicted molar refractivity (Wildman–Crippen MR) is 57.3 cm³/mol. The first-order valence-electron chi connectivity index (χ1n) is 5.19. The van der Waals surface area contributed by atoms with E-state index >= 15 is 0 Å². The van der Waals surface area contributed by atoms with Crippen molar-refractivity contribution in [1.29, 1.82) is 0 Å². The van der Waals surface area contributed by atoms with Gasteiger partial charge < -0.3 is 9.72 Å². The van der Waals surface area contributed by atoms with Crippen LogP contribution in [0.3, 0.4) is 0 Å². The second-order valence-corrected chi connectivity index (χ2v) is 3.45. The third kappa shape index (κ3) is 3.39. The average Bonchev–Trinajstić information content (AvgIpc) is 2.79. The first kappa shape index (κ1) is 10.2. The number of rotatable bonds is 2. The number of morpholine rings is 1. The van der Waals surface area contributed by atoms with E-state index in [1.165, 1.54) is 0 Å². The van der Waals surface area contributed by atoms with Gasteiger partial charge in [0.15, 0.2) is 0 Å². The van der Waals surface area contributed by atoms with Gasteiger partial charge in [-0.3, -0.25) is 4.90 Å². The molecule has 2 heterocycles. The molecule has 1 aliphatic heterocycles. The third-order valence-electron chi connectivity index (χ3n) is 2.34. The van der Waals surface area contributed by atoms with Crippen LogP contribution in [-0.2, 0) is 11.2 Å². The number of hydrogen-bond donors (Lipinski definition) is 1. The van der Waals surface area contributed by atoms with Gasteiger partial charge in [-0.05, 0) is 0 Å². The van der Waals surface area contributed by atoms with Crippen molar-refractivity contribution < 1.29 is 4.74 Å². The largest absolute Gasteiger partial charge is 0.379 e. The highest BCUT2D eigenvalue weighted by Gasteiger charge is 2.07. The van der Waals surface area contributed by atoms with Crippen LogP contribution in [0.5, 0.6) is 0 Å². The molecule has 0 atom stereocenters. The summed E-state index contributed by atoms with van der Waals surface area (Å²) in [6, 6.07) is 0. The highest BCUT2D eigenvalue weighted by atomic mass is 16.5. The Hall–Kier alpha value is -1.31. The van der Waals surface area contributed by atoms with E-state index in [0.717, 1.165) is 38.7 Å². The molecule has 0 bridgehead atoms. The Balaban J connectivity index is 1.70. The molecule has 80 valence electrons. The quantitative estimate of drug-likeness (QED) is 0.705. The van der Waals surface area contributed by atoms with Gasteiger partial charge in [-0.15, -0.1) is 0 Å². The summed E-state index contributed by atoms with van der Waals surface area (Å²) >= 11 is 0. The van der Waals surface area contributed by atoms with Crippen LogP contribution in [0.4, 0.5) is 0 Å². The standard InChI is InChI=1S/C11H15N3O/c1(3-11-12-4-5-13-11)2-6-14-7-9-15-10-8-14/h4-5H,3,6-10H2,(H,12,13). The zero-order valence-corrected chi connectivity index (χ0v) is 8.70. The van der Waals surface area contributed by atoms with E-state index in [4.69, 9.17) is 4.74 Å². The van der Waals surface area contributed by atoms with Crippen molar-refractivity contribution in [3.8, 4) is 11.8 Å². The summed E-state index contributed by atoms with van der Waals surface area (Å²) in [6.45, 7) is 4.49. The molecule has 1 aromatic rings. The van der Waals surface area contributed by atoms with Crippen LogP contribution in [0, 0.1) is 11.8 Å². The topological polar surface area (TPSA) is 41.1 Å². The zero-order chi connectivity index (χ0) is 10.3. The summed E-state index contributed by atoms with van der Waals surface area (Å²) in [6.07, 6.45) is 4.27. The molecule has 0 aromatic carbocycles. The highest BCUT2D eigenvalue weighted by Crippen LogP contribution is 1.94. The van der Waals surface area contributed by atoms with Gasteiger partial charge >= 0.3 is 0 Å².